The molecular formula is C17H20F2N4O. The number of nitrogens with zero attached hydrogens (tertiary/aromatic N) is 4. The molecule has 3 rings (SSSR count). The molecule has 1 aromatic carbocycles. The molecule has 0 N–H and O–H groups in total. The van der Waals surface area contributed by atoms with E-state index in [1.807, 2.05) is 15.8 Å². The number of carbonyl (C=O) groups is 1. The highest BCUT2D eigenvalue weighted by atomic mass is 19.1. The Labute approximate surface area is 139 Å². The minimum absolute atomic E-state index is 0.00302. The van der Waals surface area contributed by atoms with Crippen LogP contribution in [-0.4, -0.2) is 38.9 Å². The van der Waals surface area contributed by atoms with Gasteiger partial charge in [-0.1, -0.05) is 18.2 Å². The van der Waals surface area contributed by atoms with Crippen LogP contribution in [-0.2, 0) is 4.79 Å². The molecule has 1 atom stereocenters. The highest BCUT2D eigenvalue weighted by molar-refractivity contribution is 5.77. The molecular weight excluding hydrogens is 314 g/mol. The van der Waals surface area contributed by atoms with Crippen molar-refractivity contribution >= 4 is 5.91 Å². The third-order valence-electron chi connectivity index (χ3n) is 4.61. The van der Waals surface area contributed by atoms with Gasteiger partial charge in [0, 0.05) is 31.8 Å². The number of hydrogen-bond acceptors (Lipinski definition) is 3. The van der Waals surface area contributed by atoms with Crippen molar-refractivity contribution in [1.82, 2.24) is 19.9 Å². The zero-order valence-corrected chi connectivity index (χ0v) is 13.5. The molecule has 7 heteroatoms. The lowest BCUT2D eigenvalue weighted by atomic mass is 9.95. The quantitative estimate of drug-likeness (QED) is 0.864. The molecule has 128 valence electrons. The van der Waals surface area contributed by atoms with Crippen LogP contribution in [0.3, 0.4) is 0 Å². The first-order chi connectivity index (χ1) is 11.5. The highest BCUT2D eigenvalue weighted by Crippen LogP contribution is 2.26. The first-order valence-electron chi connectivity index (χ1n) is 8.13. The topological polar surface area (TPSA) is 51.0 Å². The van der Waals surface area contributed by atoms with Gasteiger partial charge in [-0.25, -0.2) is 13.5 Å². The van der Waals surface area contributed by atoms with Crippen LogP contribution in [0.25, 0.3) is 0 Å². The average Bonchev–Trinajstić information content (AvgIpc) is 3.09. The van der Waals surface area contributed by atoms with Gasteiger partial charge in [0.25, 0.3) is 0 Å². The second-order valence-electron chi connectivity index (χ2n) is 6.27. The summed E-state index contributed by atoms with van der Waals surface area (Å²) in [5, 5.41) is 7.81. The van der Waals surface area contributed by atoms with E-state index in [1.165, 1.54) is 12.1 Å². The van der Waals surface area contributed by atoms with E-state index >= 15 is 0 Å². The maximum Gasteiger partial charge on any atom is 0.223 e. The standard InChI is InChI=1S/C17H20F2N4O/c1-12(15-3-2-13(18)11-16(15)19)10-17(24)22-7-4-14(5-8-22)23-9-6-20-21-23/h2-3,6,9,11-12,14H,4-5,7-8,10H2,1H3. The fourth-order valence-electron chi connectivity index (χ4n) is 3.19. The van der Waals surface area contributed by atoms with Crippen LogP contribution in [0.1, 0.15) is 43.7 Å². The molecule has 1 saturated heterocycles. The van der Waals surface area contributed by atoms with Crippen LogP contribution >= 0.6 is 0 Å². The number of carbonyl (C=O) groups excluding carboxylic acids is 1. The Hall–Kier alpha value is -2.31. The van der Waals surface area contributed by atoms with Crippen LogP contribution in [0, 0.1) is 11.6 Å². The van der Waals surface area contributed by atoms with Gasteiger partial charge in [-0.2, -0.15) is 0 Å². The Balaban J connectivity index is 1.55. The highest BCUT2D eigenvalue weighted by Gasteiger charge is 2.26. The predicted molar refractivity (Wildman–Crippen MR) is 84.3 cm³/mol. The van der Waals surface area contributed by atoms with E-state index in [-0.39, 0.29) is 24.3 Å². The van der Waals surface area contributed by atoms with E-state index < -0.39 is 11.6 Å². The molecule has 2 heterocycles. The number of hydrogen-bond donors (Lipinski definition) is 0. The molecule has 0 spiro atoms. The molecule has 1 fully saturated rings. The first kappa shape index (κ1) is 16.5. The van der Waals surface area contributed by atoms with Gasteiger partial charge in [-0.3, -0.25) is 4.79 Å². The number of benzene rings is 1. The number of likely N-dealkylation sites (tertiary alicyclic amines) is 1. The summed E-state index contributed by atoms with van der Waals surface area (Å²) in [4.78, 5) is 14.3. The molecule has 0 bridgehead atoms. The van der Waals surface area contributed by atoms with Crippen molar-refractivity contribution in [3.05, 3.63) is 47.8 Å². The van der Waals surface area contributed by atoms with Crippen molar-refractivity contribution in [3.8, 4) is 0 Å². The van der Waals surface area contributed by atoms with E-state index in [9.17, 15) is 13.6 Å². The molecule has 1 unspecified atom stereocenters. The Morgan fingerprint density at radius 1 is 1.33 bits per heavy atom. The zero-order chi connectivity index (χ0) is 17.1. The Bertz CT molecular complexity index is 697. The number of rotatable bonds is 4. The lowest BCUT2D eigenvalue weighted by Crippen LogP contribution is -2.39. The van der Waals surface area contributed by atoms with Gasteiger partial charge in [0.15, 0.2) is 0 Å². The fourth-order valence-corrected chi connectivity index (χ4v) is 3.19. The maximum atomic E-state index is 13.8. The van der Waals surface area contributed by atoms with Crippen molar-refractivity contribution in [2.75, 3.05) is 13.1 Å². The Morgan fingerprint density at radius 2 is 2.08 bits per heavy atom. The van der Waals surface area contributed by atoms with Gasteiger partial charge in [-0.05, 0) is 30.4 Å². The normalized spacial score (nSPS) is 17.0. The fraction of sp³-hybridized carbons (Fsp3) is 0.471. The monoisotopic (exact) mass is 334 g/mol. The minimum atomic E-state index is -0.607. The van der Waals surface area contributed by atoms with Crippen LogP contribution in [0.15, 0.2) is 30.6 Å². The van der Waals surface area contributed by atoms with E-state index in [0.717, 1.165) is 18.9 Å². The summed E-state index contributed by atoms with van der Waals surface area (Å²) >= 11 is 0. The Kier molecular flexibility index (Phi) is 4.87. The molecule has 0 saturated carbocycles. The van der Waals surface area contributed by atoms with Crippen LogP contribution in [0.4, 0.5) is 8.78 Å². The number of amides is 1. The summed E-state index contributed by atoms with van der Waals surface area (Å²) < 4.78 is 28.6. The van der Waals surface area contributed by atoms with E-state index in [1.54, 1.807) is 13.1 Å². The van der Waals surface area contributed by atoms with E-state index in [4.69, 9.17) is 0 Å². The summed E-state index contributed by atoms with van der Waals surface area (Å²) in [7, 11) is 0. The van der Waals surface area contributed by atoms with Crippen LogP contribution < -0.4 is 0 Å². The van der Waals surface area contributed by atoms with Crippen molar-refractivity contribution in [2.45, 2.75) is 38.1 Å². The van der Waals surface area contributed by atoms with Crippen LogP contribution in [0.2, 0.25) is 0 Å². The molecule has 0 radical (unpaired) electrons. The predicted octanol–water partition coefficient (Wildman–Crippen LogP) is 2.91. The van der Waals surface area contributed by atoms with Gasteiger partial charge in [0.1, 0.15) is 11.6 Å². The van der Waals surface area contributed by atoms with E-state index in [0.29, 0.717) is 18.7 Å². The van der Waals surface area contributed by atoms with Gasteiger partial charge < -0.3 is 4.90 Å². The molecule has 1 aliphatic rings. The lowest BCUT2D eigenvalue weighted by molar-refractivity contribution is -0.132. The average molecular weight is 334 g/mol. The van der Waals surface area contributed by atoms with Gasteiger partial charge >= 0.3 is 0 Å². The number of piperidine rings is 1. The Morgan fingerprint density at radius 3 is 2.71 bits per heavy atom. The summed E-state index contributed by atoms with van der Waals surface area (Å²) in [5.41, 5.74) is 0.377. The van der Waals surface area contributed by atoms with Gasteiger partial charge in [0.2, 0.25) is 5.91 Å². The maximum absolute atomic E-state index is 13.8. The van der Waals surface area contributed by atoms with Crippen molar-refractivity contribution in [1.29, 1.82) is 0 Å². The smallest absolute Gasteiger partial charge is 0.223 e. The molecule has 1 aromatic heterocycles. The third-order valence-corrected chi connectivity index (χ3v) is 4.61. The third kappa shape index (κ3) is 3.60. The second-order valence-corrected chi connectivity index (χ2v) is 6.27. The summed E-state index contributed by atoms with van der Waals surface area (Å²) in [6.07, 6.45) is 5.36. The molecule has 2 aromatic rings. The largest absolute Gasteiger partial charge is 0.343 e. The van der Waals surface area contributed by atoms with Crippen LogP contribution in [0.5, 0.6) is 0 Å². The minimum Gasteiger partial charge on any atom is -0.343 e. The first-order valence-corrected chi connectivity index (χ1v) is 8.13. The lowest BCUT2D eigenvalue weighted by Gasteiger charge is -2.32. The van der Waals surface area contributed by atoms with E-state index in [2.05, 4.69) is 10.3 Å². The molecule has 5 nitrogen and oxygen atoms in total. The molecule has 1 aliphatic heterocycles. The van der Waals surface area contributed by atoms with Gasteiger partial charge in [0.05, 0.1) is 12.2 Å². The SMILES string of the molecule is CC(CC(=O)N1CCC(n2ccnn2)CC1)c1ccc(F)cc1F. The zero-order valence-electron chi connectivity index (χ0n) is 13.5. The molecule has 24 heavy (non-hydrogen) atoms. The van der Waals surface area contributed by atoms with Crippen molar-refractivity contribution in [3.63, 3.8) is 0 Å². The second kappa shape index (κ2) is 7.07. The van der Waals surface area contributed by atoms with Crippen molar-refractivity contribution < 1.29 is 13.6 Å². The summed E-state index contributed by atoms with van der Waals surface area (Å²) in [6.45, 7) is 3.10. The molecule has 1 amide bonds. The van der Waals surface area contributed by atoms with Crippen molar-refractivity contribution in [2.24, 2.45) is 0 Å². The number of aromatic nitrogens is 3. The summed E-state index contributed by atoms with van der Waals surface area (Å²) in [6, 6.07) is 3.77. The van der Waals surface area contributed by atoms with Gasteiger partial charge in [-0.15, -0.1) is 5.10 Å². The molecule has 0 aliphatic carbocycles. The number of halogens is 2. The summed E-state index contributed by atoms with van der Waals surface area (Å²) in [5.74, 6) is -1.49.